The predicted octanol–water partition coefficient (Wildman–Crippen LogP) is 6.35. The number of piperidine rings is 1. The summed E-state index contributed by atoms with van der Waals surface area (Å²) >= 11 is 6.22. The first-order valence-corrected chi connectivity index (χ1v) is 17.6. The number of aromatic nitrogens is 2. The second kappa shape index (κ2) is 15.7. The van der Waals surface area contributed by atoms with Crippen LogP contribution in [-0.4, -0.2) is 76.0 Å². The molecule has 0 aliphatic carbocycles. The molecule has 1 N–H and O–H groups in total. The SMILES string of the molecule is COc1ccc(CN(Cc2ccc(OC)cc2OC)S(=O)(=O)c2cc(NC(=O)c3c(C)cc(Cl)nc3N3CCC(F)(F)CC3)ccn2)c(OC)c1. The molecule has 0 radical (unpaired) electrons. The van der Waals surface area contributed by atoms with Gasteiger partial charge in [-0.25, -0.2) is 27.2 Å². The summed E-state index contributed by atoms with van der Waals surface area (Å²) in [7, 11) is 1.61. The lowest BCUT2D eigenvalue weighted by Crippen LogP contribution is -2.40. The number of hydrogen-bond acceptors (Lipinski definition) is 10. The largest absolute Gasteiger partial charge is 0.497 e. The van der Waals surface area contributed by atoms with Crippen LogP contribution in [0.2, 0.25) is 5.15 Å². The number of nitrogens with one attached hydrogen (secondary N) is 1. The maximum Gasteiger partial charge on any atom is 0.261 e. The lowest BCUT2D eigenvalue weighted by Gasteiger charge is -2.33. The van der Waals surface area contributed by atoms with E-state index in [1.54, 1.807) is 48.2 Å². The Morgan fingerprint density at radius 2 is 1.47 bits per heavy atom. The van der Waals surface area contributed by atoms with Crippen LogP contribution in [0.15, 0.2) is 65.8 Å². The second-order valence-corrected chi connectivity index (χ2v) is 14.0. The highest BCUT2D eigenvalue weighted by Crippen LogP contribution is 2.35. The van der Waals surface area contributed by atoms with Gasteiger partial charge in [-0.2, -0.15) is 4.31 Å². The Morgan fingerprint density at radius 3 is 2.00 bits per heavy atom. The molecule has 2 aromatic heterocycles. The number of alkyl halides is 2. The molecule has 0 spiro atoms. The number of pyridine rings is 2. The summed E-state index contributed by atoms with van der Waals surface area (Å²) in [6.45, 7) is 1.36. The van der Waals surface area contributed by atoms with Gasteiger partial charge in [0, 0.05) is 80.2 Å². The number of halogens is 3. The summed E-state index contributed by atoms with van der Waals surface area (Å²) < 4.78 is 79.7. The Labute approximate surface area is 300 Å². The summed E-state index contributed by atoms with van der Waals surface area (Å²) in [6, 6.07) is 14.3. The summed E-state index contributed by atoms with van der Waals surface area (Å²) in [5.41, 5.74) is 1.82. The first kappa shape index (κ1) is 37.5. The van der Waals surface area contributed by atoms with Crippen molar-refractivity contribution >= 4 is 39.0 Å². The highest BCUT2D eigenvalue weighted by Gasteiger charge is 2.36. The summed E-state index contributed by atoms with van der Waals surface area (Å²) in [5.74, 6) is -1.39. The molecule has 16 heteroatoms. The van der Waals surface area contributed by atoms with Crippen LogP contribution in [0.1, 0.15) is 39.9 Å². The number of benzene rings is 2. The van der Waals surface area contributed by atoms with Gasteiger partial charge >= 0.3 is 0 Å². The number of carbonyl (C=O) groups excluding carboxylic acids is 1. The number of aryl methyl sites for hydroxylation is 1. The second-order valence-electron chi connectivity index (χ2n) is 11.8. The highest BCUT2D eigenvalue weighted by molar-refractivity contribution is 7.89. The fourth-order valence-corrected chi connectivity index (χ4v) is 7.29. The van der Waals surface area contributed by atoms with E-state index in [0.717, 1.165) is 0 Å². The molecule has 1 amide bonds. The number of ether oxygens (including phenoxy) is 4. The lowest BCUT2D eigenvalue weighted by molar-refractivity contribution is -0.0221. The third kappa shape index (κ3) is 8.60. The standard InChI is InChI=1S/C35H38ClF2N5O7S/c1-22-16-30(36)41-33(42-14-11-35(37,38)12-15-42)32(22)34(44)40-25-10-13-39-31(17-25)51(45,46)43(20-23-6-8-26(47-2)18-28(23)49-4)21-24-7-9-27(48-3)19-29(24)50-5/h6-10,13,16-19H,11-12,14-15,20-21H2,1-5H3,(H,39,40,44). The van der Waals surface area contributed by atoms with E-state index in [0.29, 0.717) is 39.7 Å². The van der Waals surface area contributed by atoms with Crippen molar-refractivity contribution in [3.05, 3.63) is 88.2 Å². The van der Waals surface area contributed by atoms with E-state index >= 15 is 0 Å². The Balaban J connectivity index is 1.49. The minimum atomic E-state index is -4.36. The number of hydrogen-bond donors (Lipinski definition) is 1. The van der Waals surface area contributed by atoms with Gasteiger partial charge in [-0.1, -0.05) is 23.7 Å². The molecule has 0 atom stereocenters. The van der Waals surface area contributed by atoms with Crippen LogP contribution in [0.4, 0.5) is 20.3 Å². The summed E-state index contributed by atoms with van der Waals surface area (Å²) in [6.07, 6.45) is 0.478. The van der Waals surface area contributed by atoms with Crippen molar-refractivity contribution in [2.45, 2.75) is 43.8 Å². The Kier molecular flexibility index (Phi) is 11.5. The molecule has 0 bridgehead atoms. The van der Waals surface area contributed by atoms with Gasteiger partial charge < -0.3 is 29.2 Å². The minimum Gasteiger partial charge on any atom is -0.497 e. The van der Waals surface area contributed by atoms with Crippen molar-refractivity contribution in [3.63, 3.8) is 0 Å². The van der Waals surface area contributed by atoms with Gasteiger partial charge in [0.1, 0.15) is 34.0 Å². The van der Waals surface area contributed by atoms with Crippen LogP contribution in [-0.2, 0) is 23.1 Å². The van der Waals surface area contributed by atoms with Crippen LogP contribution in [0.5, 0.6) is 23.0 Å². The molecular weight excluding hydrogens is 708 g/mol. The van der Waals surface area contributed by atoms with Crippen LogP contribution in [0.3, 0.4) is 0 Å². The van der Waals surface area contributed by atoms with E-state index in [2.05, 4.69) is 15.3 Å². The number of sulfonamides is 1. The fraction of sp³-hybridized carbons (Fsp3) is 0.343. The van der Waals surface area contributed by atoms with Crippen molar-refractivity contribution in [1.29, 1.82) is 0 Å². The quantitative estimate of drug-likeness (QED) is 0.154. The van der Waals surface area contributed by atoms with Crippen LogP contribution < -0.4 is 29.2 Å². The smallest absolute Gasteiger partial charge is 0.261 e. The summed E-state index contributed by atoms with van der Waals surface area (Å²) in [4.78, 5) is 23.9. The topological polar surface area (TPSA) is 132 Å². The van der Waals surface area contributed by atoms with Gasteiger partial charge in [-0.3, -0.25) is 4.79 Å². The van der Waals surface area contributed by atoms with Crippen molar-refractivity contribution in [1.82, 2.24) is 14.3 Å². The number of rotatable bonds is 13. The molecule has 3 heterocycles. The lowest BCUT2D eigenvalue weighted by atomic mass is 10.0. The Hall–Kier alpha value is -4.73. The van der Waals surface area contributed by atoms with E-state index in [-0.39, 0.29) is 53.4 Å². The first-order valence-electron chi connectivity index (χ1n) is 15.8. The summed E-state index contributed by atoms with van der Waals surface area (Å²) in [5, 5.41) is 2.50. The third-order valence-corrected chi connectivity index (χ3v) is 10.4. The molecule has 5 rings (SSSR count). The third-order valence-electron chi connectivity index (χ3n) is 8.47. The van der Waals surface area contributed by atoms with Gasteiger partial charge in [-0.15, -0.1) is 0 Å². The van der Waals surface area contributed by atoms with Crippen molar-refractivity contribution in [3.8, 4) is 23.0 Å². The van der Waals surface area contributed by atoms with E-state index in [1.165, 1.54) is 57.1 Å². The van der Waals surface area contributed by atoms with Crippen LogP contribution in [0, 0.1) is 6.92 Å². The zero-order valence-corrected chi connectivity index (χ0v) is 30.3. The zero-order chi connectivity index (χ0) is 36.9. The minimum absolute atomic E-state index is 0.0223. The van der Waals surface area contributed by atoms with E-state index in [9.17, 15) is 22.0 Å². The average molecular weight is 746 g/mol. The van der Waals surface area contributed by atoms with Crippen molar-refractivity contribution in [2.75, 3.05) is 51.7 Å². The molecule has 2 aromatic carbocycles. The zero-order valence-electron chi connectivity index (χ0n) is 28.7. The van der Waals surface area contributed by atoms with Gasteiger partial charge in [0.05, 0.1) is 34.0 Å². The Morgan fingerprint density at radius 1 is 0.902 bits per heavy atom. The van der Waals surface area contributed by atoms with Gasteiger partial charge in [0.2, 0.25) is 0 Å². The maximum absolute atomic E-state index is 14.4. The Bertz CT molecular complexity index is 1950. The van der Waals surface area contributed by atoms with Crippen molar-refractivity contribution in [2.24, 2.45) is 0 Å². The van der Waals surface area contributed by atoms with Crippen LogP contribution >= 0.6 is 11.6 Å². The monoisotopic (exact) mass is 745 g/mol. The molecule has 1 fully saturated rings. The van der Waals surface area contributed by atoms with Crippen LogP contribution in [0.25, 0.3) is 0 Å². The number of nitrogens with zero attached hydrogens (tertiary/aromatic N) is 4. The molecule has 51 heavy (non-hydrogen) atoms. The first-order chi connectivity index (χ1) is 24.3. The molecule has 4 aromatic rings. The molecule has 272 valence electrons. The molecule has 1 aliphatic heterocycles. The number of carbonyl (C=O) groups is 1. The molecule has 1 saturated heterocycles. The van der Waals surface area contributed by atoms with E-state index < -0.39 is 34.7 Å². The number of anilines is 2. The molecule has 0 saturated carbocycles. The van der Waals surface area contributed by atoms with Gasteiger partial charge in [0.25, 0.3) is 21.9 Å². The molecule has 0 unspecified atom stereocenters. The molecular formula is C35H38ClF2N5O7S. The number of methoxy groups -OCH3 is 4. The fourth-order valence-electron chi connectivity index (χ4n) is 5.70. The van der Waals surface area contributed by atoms with Gasteiger partial charge in [-0.05, 0) is 36.8 Å². The average Bonchev–Trinajstić information content (AvgIpc) is 3.11. The van der Waals surface area contributed by atoms with Crippen molar-refractivity contribution < 1.29 is 40.9 Å². The van der Waals surface area contributed by atoms with E-state index in [1.807, 2.05) is 0 Å². The number of amides is 1. The maximum atomic E-state index is 14.4. The highest BCUT2D eigenvalue weighted by atomic mass is 35.5. The molecule has 12 nitrogen and oxygen atoms in total. The normalized spacial score (nSPS) is 14.3. The van der Waals surface area contributed by atoms with Gasteiger partial charge in [0.15, 0.2) is 5.03 Å². The molecule has 1 aliphatic rings. The predicted molar refractivity (Wildman–Crippen MR) is 188 cm³/mol. The van der Waals surface area contributed by atoms with E-state index in [4.69, 9.17) is 30.5 Å².